The lowest BCUT2D eigenvalue weighted by Crippen LogP contribution is -2.51. The van der Waals surface area contributed by atoms with Crippen LogP contribution in [0.5, 0.6) is 0 Å². The van der Waals surface area contributed by atoms with Crippen LogP contribution in [0.3, 0.4) is 0 Å². The third kappa shape index (κ3) is 3.99. The number of nitrogens with one attached hydrogen (secondary N) is 1. The summed E-state index contributed by atoms with van der Waals surface area (Å²) < 4.78 is 38.7. The molecule has 1 saturated heterocycles. The fourth-order valence-corrected chi connectivity index (χ4v) is 4.07. The number of Topliss-reactive ketones (excluding diaryl/α,β-unsaturated/α-hetero) is 1. The Kier molecular flexibility index (Phi) is 5.20. The van der Waals surface area contributed by atoms with E-state index in [4.69, 9.17) is 5.11 Å². The molecule has 3 heterocycles. The van der Waals surface area contributed by atoms with E-state index < -0.39 is 36.7 Å². The van der Waals surface area contributed by atoms with Crippen molar-refractivity contribution in [1.82, 2.24) is 25.0 Å². The van der Waals surface area contributed by atoms with Crippen LogP contribution in [0.15, 0.2) is 18.3 Å². The molecule has 2 aliphatic rings. The number of likely N-dealkylation sites (tertiary alicyclic amines) is 1. The molecule has 1 aliphatic carbocycles. The van der Waals surface area contributed by atoms with Gasteiger partial charge in [0.2, 0.25) is 11.8 Å². The van der Waals surface area contributed by atoms with Crippen molar-refractivity contribution in [1.29, 1.82) is 0 Å². The van der Waals surface area contributed by atoms with Gasteiger partial charge in [-0.15, -0.1) is 0 Å². The number of alkyl halides is 3. The minimum absolute atomic E-state index is 0.118. The smallest absolute Gasteiger partial charge is 0.382 e. The van der Waals surface area contributed by atoms with Crippen molar-refractivity contribution in [3.63, 3.8) is 0 Å². The molecule has 4 rings (SSSR count). The average Bonchev–Trinajstić information content (AvgIpc) is 3.21. The van der Waals surface area contributed by atoms with Crippen LogP contribution in [0, 0.1) is 5.92 Å². The van der Waals surface area contributed by atoms with E-state index in [1.165, 1.54) is 22.7 Å². The van der Waals surface area contributed by atoms with E-state index in [2.05, 4.69) is 15.4 Å². The summed E-state index contributed by atoms with van der Waals surface area (Å²) in [5.74, 6) is -1.34. The molecule has 4 atom stereocenters. The maximum absolute atomic E-state index is 13.0. The molecule has 1 saturated carbocycles. The predicted molar refractivity (Wildman–Crippen MR) is 99.8 cm³/mol. The highest BCUT2D eigenvalue weighted by molar-refractivity contribution is 6.04. The first-order valence-corrected chi connectivity index (χ1v) is 9.74. The minimum Gasteiger partial charge on any atom is -0.382 e. The van der Waals surface area contributed by atoms with Gasteiger partial charge in [-0.2, -0.15) is 18.3 Å². The number of piperidine rings is 1. The molecule has 0 spiro atoms. The monoisotopic (exact) mass is 439 g/mol. The number of fused-ring (bicyclic) bond motifs is 2. The van der Waals surface area contributed by atoms with Gasteiger partial charge in [0, 0.05) is 19.2 Å². The fourth-order valence-electron chi connectivity index (χ4n) is 4.07. The Morgan fingerprint density at radius 3 is 2.74 bits per heavy atom. The zero-order valence-electron chi connectivity index (χ0n) is 16.5. The molecule has 12 heteroatoms. The van der Waals surface area contributed by atoms with Gasteiger partial charge in [-0.3, -0.25) is 14.4 Å². The molecule has 2 aromatic rings. The SMILES string of the molecule is CC(=O)c1nn(CC(=O)N2[C@@H]3C[C@@H]3C[C@H]2C(=O)NCC(O)C(F)(F)F)c2ncccc12. The summed E-state index contributed by atoms with van der Waals surface area (Å²) in [4.78, 5) is 42.9. The Labute approximate surface area is 174 Å². The normalized spacial score (nSPS) is 23.5. The molecular formula is C19H20F3N5O4. The van der Waals surface area contributed by atoms with Gasteiger partial charge in [-0.05, 0) is 30.9 Å². The van der Waals surface area contributed by atoms with Crippen molar-refractivity contribution in [2.45, 2.75) is 50.7 Å². The van der Waals surface area contributed by atoms with Crippen LogP contribution in [0.2, 0.25) is 0 Å². The third-order valence-electron chi connectivity index (χ3n) is 5.67. The van der Waals surface area contributed by atoms with E-state index in [0.29, 0.717) is 17.5 Å². The van der Waals surface area contributed by atoms with Gasteiger partial charge in [0.1, 0.15) is 18.3 Å². The van der Waals surface area contributed by atoms with Crippen molar-refractivity contribution in [2.24, 2.45) is 5.92 Å². The van der Waals surface area contributed by atoms with E-state index in [-0.39, 0.29) is 30.0 Å². The van der Waals surface area contributed by atoms with Crippen LogP contribution in [-0.4, -0.2) is 73.3 Å². The lowest BCUT2D eigenvalue weighted by atomic mass is 10.1. The average molecular weight is 439 g/mol. The first-order chi connectivity index (χ1) is 14.6. The van der Waals surface area contributed by atoms with Crippen molar-refractivity contribution in [3.05, 3.63) is 24.0 Å². The summed E-state index contributed by atoms with van der Waals surface area (Å²) in [7, 11) is 0. The van der Waals surface area contributed by atoms with Gasteiger partial charge in [0.25, 0.3) is 0 Å². The summed E-state index contributed by atoms with van der Waals surface area (Å²) in [6.45, 7) is 0.108. The second-order valence-corrected chi connectivity index (χ2v) is 7.86. The molecular weight excluding hydrogens is 419 g/mol. The van der Waals surface area contributed by atoms with Gasteiger partial charge >= 0.3 is 6.18 Å². The molecule has 9 nitrogen and oxygen atoms in total. The maximum Gasteiger partial charge on any atom is 0.416 e. The number of aromatic nitrogens is 3. The lowest BCUT2D eigenvalue weighted by Gasteiger charge is -2.27. The molecule has 1 aliphatic heterocycles. The minimum atomic E-state index is -4.84. The van der Waals surface area contributed by atoms with Crippen LogP contribution in [0.1, 0.15) is 30.3 Å². The maximum atomic E-state index is 13.0. The Hall–Kier alpha value is -3.02. The second-order valence-electron chi connectivity index (χ2n) is 7.86. The lowest BCUT2D eigenvalue weighted by molar-refractivity contribution is -0.202. The van der Waals surface area contributed by atoms with Crippen molar-refractivity contribution in [3.8, 4) is 0 Å². The largest absolute Gasteiger partial charge is 0.416 e. The molecule has 2 aromatic heterocycles. The molecule has 0 radical (unpaired) electrons. The summed E-state index contributed by atoms with van der Waals surface area (Å²) in [5.41, 5.74) is 0.527. The molecule has 166 valence electrons. The van der Waals surface area contributed by atoms with Crippen LogP contribution in [0.4, 0.5) is 13.2 Å². The number of pyridine rings is 1. The quantitative estimate of drug-likeness (QED) is 0.639. The van der Waals surface area contributed by atoms with E-state index in [1.807, 2.05) is 0 Å². The van der Waals surface area contributed by atoms with E-state index >= 15 is 0 Å². The summed E-state index contributed by atoms with van der Waals surface area (Å²) in [5, 5.41) is 15.9. The highest BCUT2D eigenvalue weighted by Crippen LogP contribution is 2.48. The highest BCUT2D eigenvalue weighted by Gasteiger charge is 2.56. The van der Waals surface area contributed by atoms with Gasteiger partial charge < -0.3 is 15.3 Å². The Balaban J connectivity index is 1.50. The van der Waals surface area contributed by atoms with E-state index in [1.54, 1.807) is 12.1 Å². The molecule has 2 amide bonds. The summed E-state index contributed by atoms with van der Waals surface area (Å²) >= 11 is 0. The summed E-state index contributed by atoms with van der Waals surface area (Å²) in [6.07, 6.45) is -4.95. The number of aliphatic hydroxyl groups is 1. The molecule has 0 bridgehead atoms. The number of carbonyl (C=O) groups is 3. The van der Waals surface area contributed by atoms with Crippen LogP contribution in [0.25, 0.3) is 11.0 Å². The van der Waals surface area contributed by atoms with Gasteiger partial charge in [0.15, 0.2) is 17.5 Å². The number of aliphatic hydroxyl groups excluding tert-OH is 1. The zero-order valence-corrected chi connectivity index (χ0v) is 16.5. The number of carbonyl (C=O) groups excluding carboxylic acids is 3. The Morgan fingerprint density at radius 2 is 2.06 bits per heavy atom. The number of halogens is 3. The van der Waals surface area contributed by atoms with E-state index in [9.17, 15) is 27.6 Å². The molecule has 1 unspecified atom stereocenters. The van der Waals surface area contributed by atoms with Crippen LogP contribution >= 0.6 is 0 Å². The van der Waals surface area contributed by atoms with Gasteiger partial charge in [-0.1, -0.05) is 0 Å². The number of amides is 2. The Morgan fingerprint density at radius 1 is 1.32 bits per heavy atom. The number of ketones is 1. The highest BCUT2D eigenvalue weighted by atomic mass is 19.4. The number of hydrogen-bond donors (Lipinski definition) is 2. The third-order valence-corrected chi connectivity index (χ3v) is 5.67. The molecule has 2 fully saturated rings. The van der Waals surface area contributed by atoms with Crippen molar-refractivity contribution in [2.75, 3.05) is 6.54 Å². The van der Waals surface area contributed by atoms with E-state index in [0.717, 1.165) is 6.42 Å². The van der Waals surface area contributed by atoms with Crippen molar-refractivity contribution >= 4 is 28.6 Å². The number of hydrogen-bond acceptors (Lipinski definition) is 6. The van der Waals surface area contributed by atoms with Crippen LogP contribution < -0.4 is 5.32 Å². The summed E-state index contributed by atoms with van der Waals surface area (Å²) in [6, 6.07) is 2.24. The van der Waals surface area contributed by atoms with Crippen LogP contribution in [-0.2, 0) is 16.1 Å². The standard InChI is InChI=1S/C19H20F3N5O4/c1-9(28)16-11-3-2-4-23-17(11)26(25-16)8-15(30)27-12-5-10(12)6-13(27)18(31)24-7-14(29)19(20,21)22/h2-4,10,12-14,29H,5-8H2,1H3,(H,24,31)/t10-,12-,13+,14?/m1/s1. The van der Waals surface area contributed by atoms with Gasteiger partial charge in [0.05, 0.1) is 11.9 Å². The predicted octanol–water partition coefficient (Wildman–Crippen LogP) is 0.663. The zero-order chi connectivity index (χ0) is 22.5. The molecule has 0 aromatic carbocycles. The fraction of sp³-hybridized carbons (Fsp3) is 0.526. The van der Waals surface area contributed by atoms with Crippen molar-refractivity contribution < 1.29 is 32.7 Å². The first-order valence-electron chi connectivity index (χ1n) is 9.74. The number of nitrogens with zero attached hydrogens (tertiary/aromatic N) is 4. The Bertz CT molecular complexity index is 1050. The second kappa shape index (κ2) is 7.59. The first kappa shape index (κ1) is 21.2. The molecule has 31 heavy (non-hydrogen) atoms. The topological polar surface area (TPSA) is 117 Å². The molecule has 2 N–H and O–H groups in total. The van der Waals surface area contributed by atoms with Gasteiger partial charge in [-0.25, -0.2) is 9.67 Å². The number of rotatable bonds is 6.